The van der Waals surface area contributed by atoms with Gasteiger partial charge in [0, 0.05) is 31.8 Å². The summed E-state index contributed by atoms with van der Waals surface area (Å²) in [6.45, 7) is 9.75. The number of ether oxygens (including phenoxy) is 1. The molecule has 1 fully saturated rings. The van der Waals surface area contributed by atoms with Crippen molar-refractivity contribution in [2.24, 2.45) is 11.7 Å². The molecule has 0 amide bonds. The quantitative estimate of drug-likeness (QED) is 0.737. The van der Waals surface area contributed by atoms with Crippen LogP contribution in [-0.2, 0) is 4.74 Å². The minimum atomic E-state index is 0.0218. The van der Waals surface area contributed by atoms with Gasteiger partial charge in [0.1, 0.15) is 0 Å². The van der Waals surface area contributed by atoms with Gasteiger partial charge in [-0.25, -0.2) is 0 Å². The van der Waals surface area contributed by atoms with Gasteiger partial charge in [-0.1, -0.05) is 33.6 Å². The molecule has 0 aliphatic heterocycles. The summed E-state index contributed by atoms with van der Waals surface area (Å²) in [6.07, 6.45) is 7.40. The summed E-state index contributed by atoms with van der Waals surface area (Å²) in [5.41, 5.74) is 6.71. The maximum Gasteiger partial charge on any atom is 0.0589 e. The first-order valence-electron chi connectivity index (χ1n) is 8.06. The van der Waals surface area contributed by atoms with Gasteiger partial charge in [-0.15, -0.1) is 0 Å². The van der Waals surface area contributed by atoms with Crippen molar-refractivity contribution >= 4 is 0 Å². The summed E-state index contributed by atoms with van der Waals surface area (Å²) in [6, 6.07) is 0.646. The van der Waals surface area contributed by atoms with E-state index >= 15 is 0 Å². The highest BCUT2D eigenvalue weighted by Crippen LogP contribution is 2.31. The van der Waals surface area contributed by atoms with Crippen LogP contribution in [0.15, 0.2) is 0 Å². The minimum absolute atomic E-state index is 0.0218. The highest BCUT2D eigenvalue weighted by Gasteiger charge is 2.33. The smallest absolute Gasteiger partial charge is 0.0589 e. The lowest BCUT2D eigenvalue weighted by atomic mass is 9.76. The average Bonchev–Trinajstić information content (AvgIpc) is 2.36. The van der Waals surface area contributed by atoms with Crippen molar-refractivity contribution in [3.05, 3.63) is 0 Å². The summed E-state index contributed by atoms with van der Waals surface area (Å²) in [4.78, 5) is 2.57. The van der Waals surface area contributed by atoms with E-state index in [1.807, 2.05) is 0 Å². The van der Waals surface area contributed by atoms with Crippen molar-refractivity contribution in [3.8, 4) is 0 Å². The molecule has 0 aromatic heterocycles. The summed E-state index contributed by atoms with van der Waals surface area (Å²) in [7, 11) is 1.78. The molecular formula is C16H34N2O. The van der Waals surface area contributed by atoms with E-state index in [2.05, 4.69) is 25.7 Å². The Balaban J connectivity index is 2.63. The van der Waals surface area contributed by atoms with Gasteiger partial charge in [0.2, 0.25) is 0 Å². The Kier molecular flexibility index (Phi) is 7.33. The van der Waals surface area contributed by atoms with E-state index in [9.17, 15) is 0 Å². The van der Waals surface area contributed by atoms with Crippen molar-refractivity contribution < 1.29 is 4.74 Å². The fourth-order valence-electron chi connectivity index (χ4n) is 3.65. The molecule has 2 unspecified atom stereocenters. The van der Waals surface area contributed by atoms with E-state index in [-0.39, 0.29) is 5.54 Å². The Morgan fingerprint density at radius 3 is 2.58 bits per heavy atom. The molecule has 0 saturated heterocycles. The highest BCUT2D eigenvalue weighted by molar-refractivity contribution is 4.93. The van der Waals surface area contributed by atoms with E-state index in [0.717, 1.165) is 25.6 Å². The molecule has 19 heavy (non-hydrogen) atoms. The van der Waals surface area contributed by atoms with Crippen LogP contribution in [0, 0.1) is 5.92 Å². The van der Waals surface area contributed by atoms with Crippen LogP contribution >= 0.6 is 0 Å². The van der Waals surface area contributed by atoms with Crippen molar-refractivity contribution in [1.82, 2.24) is 4.90 Å². The molecule has 2 N–H and O–H groups in total. The Bertz CT molecular complexity index is 243. The van der Waals surface area contributed by atoms with Crippen molar-refractivity contribution in [2.45, 2.75) is 70.9 Å². The second-order valence-corrected chi connectivity index (χ2v) is 6.50. The lowest BCUT2D eigenvalue weighted by molar-refractivity contribution is 0.0776. The zero-order valence-electron chi connectivity index (χ0n) is 13.5. The zero-order chi connectivity index (χ0) is 14.3. The number of methoxy groups -OCH3 is 1. The molecule has 0 aromatic rings. The number of nitrogens with two attached hydrogens (primary N) is 1. The fraction of sp³-hybridized carbons (Fsp3) is 1.00. The Labute approximate surface area is 119 Å². The number of nitrogens with zero attached hydrogens (tertiary/aromatic N) is 1. The third-order valence-electron chi connectivity index (χ3n) is 4.69. The fourth-order valence-corrected chi connectivity index (χ4v) is 3.65. The lowest BCUT2D eigenvalue weighted by Crippen LogP contribution is -2.55. The SMILES string of the molecule is CCC(CC)N(CCOC)CC1(N)CCCC(C)C1. The minimum Gasteiger partial charge on any atom is -0.383 e. The van der Waals surface area contributed by atoms with Gasteiger partial charge < -0.3 is 10.5 Å². The maximum atomic E-state index is 6.69. The Morgan fingerprint density at radius 1 is 1.37 bits per heavy atom. The number of rotatable bonds is 8. The number of hydrogen-bond donors (Lipinski definition) is 1. The largest absolute Gasteiger partial charge is 0.383 e. The molecule has 0 heterocycles. The Hall–Kier alpha value is -0.120. The highest BCUT2D eigenvalue weighted by atomic mass is 16.5. The van der Waals surface area contributed by atoms with E-state index < -0.39 is 0 Å². The second kappa shape index (κ2) is 8.23. The molecule has 1 aliphatic rings. The van der Waals surface area contributed by atoms with E-state index in [1.54, 1.807) is 7.11 Å². The van der Waals surface area contributed by atoms with Crippen LogP contribution in [0.5, 0.6) is 0 Å². The van der Waals surface area contributed by atoms with Crippen LogP contribution in [-0.4, -0.2) is 43.3 Å². The summed E-state index contributed by atoms with van der Waals surface area (Å²) < 4.78 is 5.27. The maximum absolute atomic E-state index is 6.69. The zero-order valence-corrected chi connectivity index (χ0v) is 13.5. The van der Waals surface area contributed by atoms with Gasteiger partial charge >= 0.3 is 0 Å². The first-order valence-corrected chi connectivity index (χ1v) is 8.06. The van der Waals surface area contributed by atoms with Crippen LogP contribution in [0.3, 0.4) is 0 Å². The van der Waals surface area contributed by atoms with E-state index in [4.69, 9.17) is 10.5 Å². The molecule has 0 bridgehead atoms. The third kappa shape index (κ3) is 5.41. The molecule has 3 heteroatoms. The predicted octanol–water partition coefficient (Wildman–Crippen LogP) is 3.03. The van der Waals surface area contributed by atoms with Gasteiger partial charge in [0.05, 0.1) is 6.61 Å². The summed E-state index contributed by atoms with van der Waals surface area (Å²) >= 11 is 0. The van der Waals surface area contributed by atoms with Crippen molar-refractivity contribution in [2.75, 3.05) is 26.8 Å². The third-order valence-corrected chi connectivity index (χ3v) is 4.69. The molecule has 0 spiro atoms. The lowest BCUT2D eigenvalue weighted by Gasteiger charge is -2.42. The first kappa shape index (κ1) is 16.9. The second-order valence-electron chi connectivity index (χ2n) is 6.50. The monoisotopic (exact) mass is 270 g/mol. The van der Waals surface area contributed by atoms with Crippen LogP contribution in [0.25, 0.3) is 0 Å². The standard InChI is InChI=1S/C16H34N2O/c1-5-15(6-2)18(10-11-19-4)13-16(17)9-7-8-14(3)12-16/h14-15H,5-13,17H2,1-4H3. The molecule has 0 radical (unpaired) electrons. The van der Waals surface area contributed by atoms with Gasteiger partial charge in [-0.3, -0.25) is 4.90 Å². The summed E-state index contributed by atoms with van der Waals surface area (Å²) in [5, 5.41) is 0. The predicted molar refractivity (Wildman–Crippen MR) is 82.4 cm³/mol. The van der Waals surface area contributed by atoms with Gasteiger partial charge in [-0.2, -0.15) is 0 Å². The van der Waals surface area contributed by atoms with Gasteiger partial charge in [0.25, 0.3) is 0 Å². The molecule has 2 atom stereocenters. The van der Waals surface area contributed by atoms with Crippen LogP contribution < -0.4 is 5.73 Å². The van der Waals surface area contributed by atoms with Crippen LogP contribution in [0.2, 0.25) is 0 Å². The molecule has 1 saturated carbocycles. The summed E-state index contributed by atoms with van der Waals surface area (Å²) in [5.74, 6) is 0.782. The molecular weight excluding hydrogens is 236 g/mol. The number of hydrogen-bond acceptors (Lipinski definition) is 3. The molecule has 0 aromatic carbocycles. The van der Waals surface area contributed by atoms with E-state index in [0.29, 0.717) is 6.04 Å². The molecule has 114 valence electrons. The average molecular weight is 270 g/mol. The Morgan fingerprint density at radius 2 is 2.05 bits per heavy atom. The normalized spacial score (nSPS) is 28.3. The first-order chi connectivity index (χ1) is 9.04. The van der Waals surface area contributed by atoms with Gasteiger partial charge in [0.15, 0.2) is 0 Å². The van der Waals surface area contributed by atoms with Crippen LogP contribution in [0.1, 0.15) is 59.3 Å². The van der Waals surface area contributed by atoms with Crippen molar-refractivity contribution in [3.63, 3.8) is 0 Å². The molecule has 3 nitrogen and oxygen atoms in total. The molecule has 1 aliphatic carbocycles. The van der Waals surface area contributed by atoms with Gasteiger partial charge in [-0.05, 0) is 31.6 Å². The molecule has 1 rings (SSSR count). The van der Waals surface area contributed by atoms with Crippen molar-refractivity contribution in [1.29, 1.82) is 0 Å². The topological polar surface area (TPSA) is 38.5 Å². The van der Waals surface area contributed by atoms with Crippen LogP contribution in [0.4, 0.5) is 0 Å². The van der Waals surface area contributed by atoms with E-state index in [1.165, 1.54) is 38.5 Å².